The fourth-order valence-electron chi connectivity index (χ4n) is 6.70. The van der Waals surface area contributed by atoms with Crippen LogP contribution in [0.25, 0.3) is 11.3 Å². The van der Waals surface area contributed by atoms with Crippen molar-refractivity contribution in [2.45, 2.75) is 51.5 Å². The molecule has 216 valence electrons. The number of anilines is 1. The predicted octanol–water partition coefficient (Wildman–Crippen LogP) is 7.13. The predicted molar refractivity (Wildman–Crippen MR) is 166 cm³/mol. The van der Waals surface area contributed by atoms with Gasteiger partial charge in [-0.25, -0.2) is 4.98 Å². The van der Waals surface area contributed by atoms with E-state index < -0.39 is 0 Å². The van der Waals surface area contributed by atoms with Gasteiger partial charge >= 0.3 is 0 Å². The van der Waals surface area contributed by atoms with Crippen molar-refractivity contribution in [2.75, 3.05) is 11.9 Å². The van der Waals surface area contributed by atoms with Crippen molar-refractivity contribution < 1.29 is 9.59 Å². The summed E-state index contributed by atoms with van der Waals surface area (Å²) in [6, 6.07) is 19.9. The average molecular weight is 582 g/mol. The Morgan fingerprint density at radius 2 is 1.74 bits per heavy atom. The molecule has 2 aromatic carbocycles. The summed E-state index contributed by atoms with van der Waals surface area (Å²) in [7, 11) is 1.96. The summed E-state index contributed by atoms with van der Waals surface area (Å²) < 4.78 is 1.89. The Bertz CT molecular complexity index is 1590. The number of rotatable bonds is 6. The van der Waals surface area contributed by atoms with Crippen molar-refractivity contribution in [3.63, 3.8) is 0 Å². The molecule has 1 N–H and O–H groups in total. The van der Waals surface area contributed by atoms with Gasteiger partial charge in [0, 0.05) is 43.3 Å². The summed E-state index contributed by atoms with van der Waals surface area (Å²) in [5.41, 5.74) is 6.11. The second-order valence-electron chi connectivity index (χ2n) is 11.7. The highest BCUT2D eigenvalue weighted by molar-refractivity contribution is 6.29. The normalized spacial score (nSPS) is 20.7. The van der Waals surface area contributed by atoms with Crippen LogP contribution in [-0.2, 0) is 7.05 Å². The molecule has 4 aromatic rings. The maximum atomic E-state index is 14.1. The van der Waals surface area contributed by atoms with Gasteiger partial charge in [-0.1, -0.05) is 55.3 Å². The Kier molecular flexibility index (Phi) is 7.86. The number of nitrogens with one attached hydrogen (secondary N) is 1. The van der Waals surface area contributed by atoms with Gasteiger partial charge < -0.3 is 10.2 Å². The number of benzene rings is 2. The highest BCUT2D eigenvalue weighted by Gasteiger charge is 2.44. The molecule has 2 aromatic heterocycles. The van der Waals surface area contributed by atoms with E-state index >= 15 is 0 Å². The van der Waals surface area contributed by atoms with Crippen LogP contribution in [0.2, 0.25) is 5.15 Å². The standard InChI is InChI=1S/C34H36ClN5O2/c1-21-7-8-26(19-29(21)38-33(41)27-13-14-31(35)36-20-27)34(42)40-18-16-28(22(2)32(40)25-5-4-6-25)23-9-11-24(12-10-23)30-15-17-37-39(30)3/h7-15,17,19-20,22,25,28,32H,4-6,16,18H2,1-3H3,(H,38,41)/t22-,28-,32?/m0/s1. The van der Waals surface area contributed by atoms with Crippen molar-refractivity contribution in [3.05, 3.63) is 100 Å². The summed E-state index contributed by atoms with van der Waals surface area (Å²) >= 11 is 5.88. The van der Waals surface area contributed by atoms with Gasteiger partial charge in [0.15, 0.2) is 0 Å². The fraction of sp³-hybridized carbons (Fsp3) is 0.353. The van der Waals surface area contributed by atoms with Crippen LogP contribution in [0.15, 0.2) is 73.1 Å². The minimum Gasteiger partial charge on any atom is -0.335 e. The molecular formula is C34H36ClN5O2. The molecule has 3 heterocycles. The number of hydrogen-bond acceptors (Lipinski definition) is 4. The number of pyridine rings is 1. The Morgan fingerprint density at radius 1 is 0.976 bits per heavy atom. The summed E-state index contributed by atoms with van der Waals surface area (Å²) in [5, 5.41) is 7.59. The SMILES string of the molecule is Cc1ccc(C(=O)N2CC[C@H](c3ccc(-c4ccnn4C)cc3)[C@H](C)C2C2CCC2)cc1NC(=O)c1ccc(Cl)nc1. The van der Waals surface area contributed by atoms with Crippen molar-refractivity contribution in [2.24, 2.45) is 18.9 Å². The van der Waals surface area contributed by atoms with Crippen LogP contribution in [0.1, 0.15) is 70.4 Å². The maximum Gasteiger partial charge on any atom is 0.257 e. The van der Waals surface area contributed by atoms with E-state index in [9.17, 15) is 9.59 Å². The molecule has 0 bridgehead atoms. The van der Waals surface area contributed by atoms with Crippen molar-refractivity contribution in [1.82, 2.24) is 19.7 Å². The minimum absolute atomic E-state index is 0.0346. The molecule has 2 fully saturated rings. The van der Waals surface area contributed by atoms with Gasteiger partial charge in [0.05, 0.1) is 11.3 Å². The van der Waals surface area contributed by atoms with E-state index in [1.54, 1.807) is 12.1 Å². The van der Waals surface area contributed by atoms with Crippen LogP contribution in [0, 0.1) is 18.8 Å². The van der Waals surface area contributed by atoms with Gasteiger partial charge in [0.1, 0.15) is 5.15 Å². The molecule has 0 spiro atoms. The molecule has 1 aliphatic heterocycles. The van der Waals surface area contributed by atoms with E-state index in [0.29, 0.717) is 46.3 Å². The van der Waals surface area contributed by atoms with E-state index in [4.69, 9.17) is 11.6 Å². The third kappa shape index (κ3) is 5.45. The Hall–Kier alpha value is -3.97. The molecule has 8 heteroatoms. The number of aromatic nitrogens is 3. The van der Waals surface area contributed by atoms with Gasteiger partial charge in [-0.15, -0.1) is 0 Å². The van der Waals surface area contributed by atoms with E-state index in [1.807, 2.05) is 49.1 Å². The maximum absolute atomic E-state index is 14.1. The first-order valence-electron chi connectivity index (χ1n) is 14.7. The molecule has 42 heavy (non-hydrogen) atoms. The lowest BCUT2D eigenvalue weighted by molar-refractivity contribution is 0.0144. The van der Waals surface area contributed by atoms with Crippen molar-refractivity contribution in [1.29, 1.82) is 0 Å². The van der Waals surface area contributed by atoms with Gasteiger partial charge in [-0.3, -0.25) is 14.3 Å². The van der Waals surface area contributed by atoms with Gasteiger partial charge in [0.25, 0.3) is 11.8 Å². The monoisotopic (exact) mass is 581 g/mol. The highest BCUT2D eigenvalue weighted by Crippen LogP contribution is 2.45. The summed E-state index contributed by atoms with van der Waals surface area (Å²) in [6.07, 6.45) is 7.73. The topological polar surface area (TPSA) is 80.1 Å². The molecule has 1 unspecified atom stereocenters. The van der Waals surface area contributed by atoms with Gasteiger partial charge in [-0.2, -0.15) is 5.10 Å². The summed E-state index contributed by atoms with van der Waals surface area (Å²) in [6.45, 7) is 4.96. The van der Waals surface area contributed by atoms with Gasteiger partial charge in [0.2, 0.25) is 0 Å². The lowest BCUT2D eigenvalue weighted by Crippen LogP contribution is -2.55. The smallest absolute Gasteiger partial charge is 0.257 e. The molecule has 2 amide bonds. The lowest BCUT2D eigenvalue weighted by atomic mass is 9.67. The first-order valence-corrected chi connectivity index (χ1v) is 15.1. The van der Waals surface area contributed by atoms with Crippen LogP contribution in [0.4, 0.5) is 5.69 Å². The number of aryl methyl sites for hydroxylation is 2. The number of carbonyl (C=O) groups is 2. The van der Waals surface area contributed by atoms with E-state index in [1.165, 1.54) is 18.2 Å². The zero-order valence-electron chi connectivity index (χ0n) is 24.3. The van der Waals surface area contributed by atoms with Crippen LogP contribution in [-0.4, -0.2) is 44.1 Å². The fourth-order valence-corrected chi connectivity index (χ4v) is 6.81. The Labute approximate surface area is 251 Å². The molecule has 1 saturated heterocycles. The number of hydrogen-bond donors (Lipinski definition) is 1. The molecule has 3 atom stereocenters. The molecule has 2 aliphatic rings. The average Bonchev–Trinajstić information content (AvgIpc) is 3.40. The number of halogens is 1. The Balaban J connectivity index is 1.22. The van der Waals surface area contributed by atoms with E-state index in [0.717, 1.165) is 36.1 Å². The zero-order chi connectivity index (χ0) is 29.4. The van der Waals surface area contributed by atoms with E-state index in [-0.39, 0.29) is 17.9 Å². The number of piperidine rings is 1. The number of carbonyl (C=O) groups excluding carboxylic acids is 2. The number of amides is 2. The highest BCUT2D eigenvalue weighted by atomic mass is 35.5. The number of likely N-dealkylation sites (tertiary alicyclic amines) is 1. The minimum atomic E-state index is -0.289. The molecular weight excluding hydrogens is 546 g/mol. The third-order valence-electron chi connectivity index (χ3n) is 9.29. The molecule has 1 aliphatic carbocycles. The van der Waals surface area contributed by atoms with Gasteiger partial charge in [-0.05, 0) is 91.0 Å². The largest absolute Gasteiger partial charge is 0.335 e. The third-order valence-corrected chi connectivity index (χ3v) is 9.51. The summed E-state index contributed by atoms with van der Waals surface area (Å²) in [4.78, 5) is 33.1. The number of nitrogens with zero attached hydrogens (tertiary/aromatic N) is 4. The Morgan fingerprint density at radius 3 is 2.38 bits per heavy atom. The second kappa shape index (κ2) is 11.7. The van der Waals surface area contributed by atoms with Crippen molar-refractivity contribution in [3.8, 4) is 11.3 Å². The molecule has 6 rings (SSSR count). The van der Waals surface area contributed by atoms with Crippen LogP contribution in [0.5, 0.6) is 0 Å². The van der Waals surface area contributed by atoms with Crippen LogP contribution < -0.4 is 5.32 Å². The first kappa shape index (κ1) is 28.2. The molecule has 7 nitrogen and oxygen atoms in total. The second-order valence-corrected chi connectivity index (χ2v) is 12.1. The van der Waals surface area contributed by atoms with E-state index in [2.05, 4.69) is 51.5 Å². The first-order chi connectivity index (χ1) is 20.3. The molecule has 1 saturated carbocycles. The lowest BCUT2D eigenvalue weighted by Gasteiger charge is -2.50. The quantitative estimate of drug-likeness (QED) is 0.246. The van der Waals surface area contributed by atoms with Crippen LogP contribution >= 0.6 is 11.6 Å². The van der Waals surface area contributed by atoms with Crippen LogP contribution in [0.3, 0.4) is 0 Å². The zero-order valence-corrected chi connectivity index (χ0v) is 25.0. The van der Waals surface area contributed by atoms with Crippen molar-refractivity contribution >= 4 is 29.1 Å². The molecule has 0 radical (unpaired) electrons. The summed E-state index contributed by atoms with van der Waals surface area (Å²) in [5.74, 6) is 0.983.